The predicted molar refractivity (Wildman–Crippen MR) is 83.7 cm³/mol. The number of aryl methyl sites for hydroxylation is 1. The van der Waals surface area contributed by atoms with Crippen LogP contribution in [-0.2, 0) is 6.54 Å². The van der Waals surface area contributed by atoms with Gasteiger partial charge in [0.2, 0.25) is 0 Å². The minimum Gasteiger partial charge on any atom is -0.374 e. The fourth-order valence-corrected chi connectivity index (χ4v) is 2.07. The molecule has 0 spiro atoms. The molecule has 0 aromatic carbocycles. The van der Waals surface area contributed by atoms with Crippen LogP contribution in [0.2, 0.25) is 0 Å². The van der Waals surface area contributed by atoms with E-state index in [0.29, 0.717) is 12.0 Å². The Morgan fingerprint density at radius 3 is 2.58 bits per heavy atom. The van der Waals surface area contributed by atoms with Crippen molar-refractivity contribution in [1.82, 2.24) is 10.3 Å². The molecule has 0 aliphatic heterocycles. The lowest BCUT2D eigenvalue weighted by atomic mass is 10.1. The summed E-state index contributed by atoms with van der Waals surface area (Å²) >= 11 is 0. The van der Waals surface area contributed by atoms with Crippen LogP contribution in [0.1, 0.15) is 45.4 Å². The van der Waals surface area contributed by atoms with Crippen LogP contribution in [0, 0.1) is 12.8 Å². The van der Waals surface area contributed by atoms with Gasteiger partial charge in [-0.3, -0.25) is 4.98 Å². The van der Waals surface area contributed by atoms with E-state index in [2.05, 4.69) is 62.9 Å². The first kappa shape index (κ1) is 16.0. The van der Waals surface area contributed by atoms with E-state index in [-0.39, 0.29) is 0 Å². The maximum absolute atomic E-state index is 4.43. The van der Waals surface area contributed by atoms with Gasteiger partial charge < -0.3 is 10.2 Å². The maximum atomic E-state index is 4.43. The van der Waals surface area contributed by atoms with Crippen LogP contribution in [0.15, 0.2) is 12.3 Å². The van der Waals surface area contributed by atoms with Crippen molar-refractivity contribution in [2.24, 2.45) is 5.92 Å². The molecule has 0 saturated carbocycles. The van der Waals surface area contributed by atoms with Crippen LogP contribution in [0.25, 0.3) is 0 Å². The van der Waals surface area contributed by atoms with E-state index in [0.717, 1.165) is 18.8 Å². The molecule has 1 rings (SSSR count). The number of nitrogens with one attached hydrogen (secondary N) is 1. The Hall–Kier alpha value is -1.09. The van der Waals surface area contributed by atoms with Crippen molar-refractivity contribution in [3.05, 3.63) is 23.5 Å². The molecular formula is C16H29N3. The molecule has 0 radical (unpaired) electrons. The van der Waals surface area contributed by atoms with Gasteiger partial charge in [-0.2, -0.15) is 0 Å². The first-order chi connectivity index (χ1) is 8.93. The van der Waals surface area contributed by atoms with Crippen LogP contribution >= 0.6 is 0 Å². The number of rotatable bonds is 7. The van der Waals surface area contributed by atoms with E-state index >= 15 is 0 Å². The third kappa shape index (κ3) is 5.19. The Labute approximate surface area is 118 Å². The SMILES string of the molecule is CCC(C)CN(C)c1cc(C)ncc1CNC(C)C. The quantitative estimate of drug-likeness (QED) is 0.817. The normalized spacial score (nSPS) is 12.8. The lowest BCUT2D eigenvalue weighted by Crippen LogP contribution is -2.27. The van der Waals surface area contributed by atoms with Gasteiger partial charge in [0.05, 0.1) is 0 Å². The summed E-state index contributed by atoms with van der Waals surface area (Å²) in [4.78, 5) is 6.79. The molecule has 1 atom stereocenters. The highest BCUT2D eigenvalue weighted by atomic mass is 15.1. The molecule has 1 aromatic rings. The number of hydrogen-bond acceptors (Lipinski definition) is 3. The summed E-state index contributed by atoms with van der Waals surface area (Å²) in [5, 5.41) is 3.48. The Morgan fingerprint density at radius 2 is 2.00 bits per heavy atom. The van der Waals surface area contributed by atoms with Gasteiger partial charge in [0.1, 0.15) is 0 Å². The summed E-state index contributed by atoms with van der Waals surface area (Å²) in [5.74, 6) is 0.712. The van der Waals surface area contributed by atoms with E-state index in [1.807, 2.05) is 6.20 Å². The van der Waals surface area contributed by atoms with Crippen molar-refractivity contribution in [2.45, 2.75) is 53.6 Å². The molecule has 3 heteroatoms. The van der Waals surface area contributed by atoms with Gasteiger partial charge in [-0.15, -0.1) is 0 Å². The summed E-state index contributed by atoms with van der Waals surface area (Å²) in [7, 11) is 2.18. The molecule has 1 unspecified atom stereocenters. The van der Waals surface area contributed by atoms with Crippen molar-refractivity contribution in [3.8, 4) is 0 Å². The molecule has 19 heavy (non-hydrogen) atoms. The molecule has 1 N–H and O–H groups in total. The first-order valence-corrected chi connectivity index (χ1v) is 7.34. The third-order valence-electron chi connectivity index (χ3n) is 3.49. The average molecular weight is 263 g/mol. The molecule has 3 nitrogen and oxygen atoms in total. The summed E-state index contributed by atoms with van der Waals surface area (Å²) in [6.07, 6.45) is 3.22. The molecule has 108 valence electrons. The molecule has 0 aliphatic carbocycles. The van der Waals surface area contributed by atoms with Crippen LogP contribution < -0.4 is 10.2 Å². The van der Waals surface area contributed by atoms with Gasteiger partial charge >= 0.3 is 0 Å². The van der Waals surface area contributed by atoms with Gasteiger partial charge in [0.15, 0.2) is 0 Å². The number of aromatic nitrogens is 1. The number of nitrogens with zero attached hydrogens (tertiary/aromatic N) is 2. The van der Waals surface area contributed by atoms with Crippen LogP contribution in [0.4, 0.5) is 5.69 Å². The Morgan fingerprint density at radius 1 is 1.32 bits per heavy atom. The van der Waals surface area contributed by atoms with E-state index in [4.69, 9.17) is 0 Å². The third-order valence-corrected chi connectivity index (χ3v) is 3.49. The minimum absolute atomic E-state index is 0.494. The van der Waals surface area contributed by atoms with E-state index in [9.17, 15) is 0 Å². The number of hydrogen-bond donors (Lipinski definition) is 1. The number of anilines is 1. The predicted octanol–water partition coefficient (Wildman–Crippen LogP) is 3.37. The lowest BCUT2D eigenvalue weighted by molar-refractivity contribution is 0.555. The summed E-state index contributed by atoms with van der Waals surface area (Å²) < 4.78 is 0. The van der Waals surface area contributed by atoms with Crippen molar-refractivity contribution in [1.29, 1.82) is 0 Å². The highest BCUT2D eigenvalue weighted by Crippen LogP contribution is 2.21. The lowest BCUT2D eigenvalue weighted by Gasteiger charge is -2.26. The highest BCUT2D eigenvalue weighted by molar-refractivity contribution is 5.53. The van der Waals surface area contributed by atoms with Crippen molar-refractivity contribution in [3.63, 3.8) is 0 Å². The molecule has 0 saturated heterocycles. The molecule has 1 aromatic heterocycles. The monoisotopic (exact) mass is 263 g/mol. The molecule has 0 fully saturated rings. The standard InChI is InChI=1S/C16H29N3/c1-7-13(4)11-19(6)16-8-14(5)18-10-15(16)9-17-12(2)3/h8,10,12-13,17H,7,9,11H2,1-6H3. The zero-order valence-corrected chi connectivity index (χ0v) is 13.3. The fourth-order valence-electron chi connectivity index (χ4n) is 2.07. The highest BCUT2D eigenvalue weighted by Gasteiger charge is 2.11. The zero-order chi connectivity index (χ0) is 14.4. The summed E-state index contributed by atoms with van der Waals surface area (Å²) in [6, 6.07) is 2.69. The summed E-state index contributed by atoms with van der Waals surface area (Å²) in [5.41, 5.74) is 3.67. The van der Waals surface area contributed by atoms with Crippen molar-refractivity contribution in [2.75, 3.05) is 18.5 Å². The minimum atomic E-state index is 0.494. The van der Waals surface area contributed by atoms with Gasteiger partial charge in [-0.25, -0.2) is 0 Å². The smallest absolute Gasteiger partial charge is 0.0443 e. The van der Waals surface area contributed by atoms with E-state index in [1.54, 1.807) is 0 Å². The molecule has 0 amide bonds. The average Bonchev–Trinajstić information content (AvgIpc) is 2.36. The second kappa shape index (κ2) is 7.49. The van der Waals surface area contributed by atoms with Gasteiger partial charge in [-0.05, 0) is 18.9 Å². The van der Waals surface area contributed by atoms with Gasteiger partial charge in [0, 0.05) is 49.3 Å². The molecule has 0 bridgehead atoms. The van der Waals surface area contributed by atoms with Crippen LogP contribution in [0.5, 0.6) is 0 Å². The van der Waals surface area contributed by atoms with Gasteiger partial charge in [-0.1, -0.05) is 34.1 Å². The second-order valence-electron chi connectivity index (χ2n) is 5.88. The Bertz CT molecular complexity index is 388. The van der Waals surface area contributed by atoms with E-state index in [1.165, 1.54) is 17.7 Å². The zero-order valence-electron chi connectivity index (χ0n) is 13.3. The largest absolute Gasteiger partial charge is 0.374 e. The van der Waals surface area contributed by atoms with Crippen LogP contribution in [-0.4, -0.2) is 24.6 Å². The molecular weight excluding hydrogens is 234 g/mol. The Kier molecular flexibility index (Phi) is 6.29. The van der Waals surface area contributed by atoms with Gasteiger partial charge in [0.25, 0.3) is 0 Å². The fraction of sp³-hybridized carbons (Fsp3) is 0.688. The van der Waals surface area contributed by atoms with Crippen molar-refractivity contribution >= 4 is 5.69 Å². The summed E-state index contributed by atoms with van der Waals surface area (Å²) in [6.45, 7) is 12.9. The van der Waals surface area contributed by atoms with Crippen molar-refractivity contribution < 1.29 is 0 Å². The first-order valence-electron chi connectivity index (χ1n) is 7.34. The van der Waals surface area contributed by atoms with Crippen LogP contribution in [0.3, 0.4) is 0 Å². The second-order valence-corrected chi connectivity index (χ2v) is 5.88. The topological polar surface area (TPSA) is 28.2 Å². The maximum Gasteiger partial charge on any atom is 0.0443 e. The molecule has 0 aliphatic rings. The molecule has 1 heterocycles. The Balaban J connectivity index is 2.86. The number of pyridine rings is 1. The van der Waals surface area contributed by atoms with E-state index < -0.39 is 0 Å².